The van der Waals surface area contributed by atoms with Crippen molar-refractivity contribution in [2.24, 2.45) is 10.4 Å². The van der Waals surface area contributed by atoms with Gasteiger partial charge in [0.25, 0.3) is 0 Å². The lowest BCUT2D eigenvalue weighted by molar-refractivity contribution is 0.151. The van der Waals surface area contributed by atoms with E-state index in [4.69, 9.17) is 0 Å². The molecule has 2 fully saturated rings. The van der Waals surface area contributed by atoms with Gasteiger partial charge in [-0.15, -0.1) is 0 Å². The minimum atomic E-state index is -3.46. The van der Waals surface area contributed by atoms with Crippen LogP contribution in [-0.2, 0) is 10.0 Å². The van der Waals surface area contributed by atoms with E-state index in [9.17, 15) is 8.42 Å². The lowest BCUT2D eigenvalue weighted by Gasteiger charge is -2.38. The van der Waals surface area contributed by atoms with Crippen LogP contribution in [0.1, 0.15) is 31.2 Å². The molecule has 2 aliphatic rings. The quantitative estimate of drug-likeness (QED) is 0.474. The molecule has 1 aromatic rings. The zero-order chi connectivity index (χ0) is 17.9. The van der Waals surface area contributed by atoms with Crippen molar-refractivity contribution in [3.05, 3.63) is 29.8 Å². The molecule has 1 saturated carbocycles. The van der Waals surface area contributed by atoms with Gasteiger partial charge in [0, 0.05) is 33.2 Å². The molecule has 1 spiro atoms. The third kappa shape index (κ3) is 4.15. The van der Waals surface area contributed by atoms with Crippen molar-refractivity contribution in [1.82, 2.24) is 14.9 Å². The number of likely N-dealkylation sites (tertiary alicyclic amines) is 1. The van der Waals surface area contributed by atoms with Crippen molar-refractivity contribution in [2.45, 2.75) is 37.5 Å². The molecule has 2 N–H and O–H groups in total. The molecule has 1 aliphatic carbocycles. The lowest BCUT2D eigenvalue weighted by Crippen LogP contribution is -2.44. The van der Waals surface area contributed by atoms with E-state index in [0.717, 1.165) is 24.6 Å². The molecule has 0 atom stereocenters. The van der Waals surface area contributed by atoms with Crippen LogP contribution in [0.15, 0.2) is 34.2 Å². The van der Waals surface area contributed by atoms with Gasteiger partial charge in [-0.1, -0.05) is 24.1 Å². The number of sulfonamides is 1. The van der Waals surface area contributed by atoms with E-state index in [1.54, 1.807) is 31.3 Å². The number of guanidine groups is 1. The molecule has 6 nitrogen and oxygen atoms in total. The summed E-state index contributed by atoms with van der Waals surface area (Å²) in [5.41, 5.74) is 1.56. The maximum atomic E-state index is 12.3. The normalized spacial score (nSPS) is 19.9. The highest BCUT2D eigenvalue weighted by Crippen LogP contribution is 2.47. The molecule has 0 aromatic heterocycles. The number of hydrogen-bond donors (Lipinski definition) is 2. The Bertz CT molecular complexity index is 724. The molecule has 3 rings (SSSR count). The number of aliphatic imine (C=N–C) groups is 1. The largest absolute Gasteiger partial charge is 0.355 e. The van der Waals surface area contributed by atoms with Crippen LogP contribution in [0.25, 0.3) is 0 Å². The maximum Gasteiger partial charge on any atom is 0.240 e. The number of aryl methyl sites for hydroxylation is 1. The van der Waals surface area contributed by atoms with Crippen molar-refractivity contribution < 1.29 is 8.42 Å². The molecule has 1 aromatic carbocycles. The fourth-order valence-electron chi connectivity index (χ4n) is 3.69. The minimum Gasteiger partial charge on any atom is -0.355 e. The van der Waals surface area contributed by atoms with Crippen molar-refractivity contribution in [3.8, 4) is 0 Å². The van der Waals surface area contributed by atoms with Crippen LogP contribution in [0.2, 0.25) is 0 Å². The summed E-state index contributed by atoms with van der Waals surface area (Å²) < 4.78 is 27.2. The Kier molecular flexibility index (Phi) is 5.34. The molecule has 0 radical (unpaired) electrons. The summed E-state index contributed by atoms with van der Waals surface area (Å²) in [5, 5.41) is 3.28. The van der Waals surface area contributed by atoms with Gasteiger partial charge in [-0.3, -0.25) is 4.99 Å². The topological polar surface area (TPSA) is 73.8 Å². The van der Waals surface area contributed by atoms with Gasteiger partial charge in [-0.25, -0.2) is 13.1 Å². The predicted molar refractivity (Wildman–Crippen MR) is 100 cm³/mol. The molecule has 25 heavy (non-hydrogen) atoms. The van der Waals surface area contributed by atoms with Crippen LogP contribution in [0.3, 0.4) is 0 Å². The van der Waals surface area contributed by atoms with Gasteiger partial charge in [-0.2, -0.15) is 0 Å². The number of nitrogens with zero attached hydrogens (tertiary/aromatic N) is 2. The average molecular weight is 365 g/mol. The van der Waals surface area contributed by atoms with Gasteiger partial charge in [-0.05, 0) is 43.7 Å². The highest BCUT2D eigenvalue weighted by atomic mass is 32.2. The first-order valence-electron chi connectivity index (χ1n) is 8.96. The third-order valence-corrected chi connectivity index (χ3v) is 6.87. The molecule has 0 amide bonds. The summed E-state index contributed by atoms with van der Waals surface area (Å²) in [4.78, 5) is 6.95. The second-order valence-corrected chi connectivity index (χ2v) is 8.98. The van der Waals surface area contributed by atoms with E-state index in [-0.39, 0.29) is 0 Å². The van der Waals surface area contributed by atoms with Gasteiger partial charge >= 0.3 is 0 Å². The average Bonchev–Trinajstić information content (AvgIpc) is 3.01. The van der Waals surface area contributed by atoms with Crippen LogP contribution in [0.5, 0.6) is 0 Å². The fraction of sp³-hybridized carbons (Fsp3) is 0.611. The molecule has 138 valence electrons. The van der Waals surface area contributed by atoms with Crippen molar-refractivity contribution in [3.63, 3.8) is 0 Å². The summed E-state index contributed by atoms with van der Waals surface area (Å²) in [6.45, 7) is 4.89. The van der Waals surface area contributed by atoms with E-state index in [1.807, 2.05) is 6.92 Å². The zero-order valence-corrected chi connectivity index (χ0v) is 15.9. The SMILES string of the molecule is CN=C(NCCNS(=O)(=O)c1ccc(C)cc1)N1CCC2(CCC2)C1. The number of rotatable bonds is 5. The molecule has 1 aliphatic heterocycles. The number of benzene rings is 1. The van der Waals surface area contributed by atoms with Crippen LogP contribution in [-0.4, -0.2) is 52.5 Å². The Hall–Kier alpha value is -1.60. The van der Waals surface area contributed by atoms with Crippen molar-refractivity contribution >= 4 is 16.0 Å². The van der Waals surface area contributed by atoms with Crippen LogP contribution >= 0.6 is 0 Å². The molecule has 1 saturated heterocycles. The summed E-state index contributed by atoms with van der Waals surface area (Å²) in [5.74, 6) is 0.873. The second kappa shape index (κ2) is 7.33. The lowest BCUT2D eigenvalue weighted by atomic mass is 9.68. The molecule has 0 unspecified atom stereocenters. The Balaban J connectivity index is 1.46. The van der Waals surface area contributed by atoms with Gasteiger partial charge < -0.3 is 10.2 Å². The molecule has 1 heterocycles. The van der Waals surface area contributed by atoms with Gasteiger partial charge in [0.15, 0.2) is 5.96 Å². The molecule has 0 bridgehead atoms. The van der Waals surface area contributed by atoms with Crippen molar-refractivity contribution in [1.29, 1.82) is 0 Å². The maximum absolute atomic E-state index is 12.3. The smallest absolute Gasteiger partial charge is 0.240 e. The molecule has 7 heteroatoms. The summed E-state index contributed by atoms with van der Waals surface area (Å²) >= 11 is 0. The summed E-state index contributed by atoms with van der Waals surface area (Å²) in [6, 6.07) is 6.87. The number of hydrogen-bond acceptors (Lipinski definition) is 3. The zero-order valence-electron chi connectivity index (χ0n) is 15.1. The molecular weight excluding hydrogens is 336 g/mol. The van der Waals surface area contributed by atoms with Crippen LogP contribution < -0.4 is 10.0 Å². The third-order valence-electron chi connectivity index (χ3n) is 5.40. The number of nitrogens with one attached hydrogen (secondary N) is 2. The molecular formula is C18H28N4O2S. The summed E-state index contributed by atoms with van der Waals surface area (Å²) in [7, 11) is -1.68. The second-order valence-electron chi connectivity index (χ2n) is 7.21. The van der Waals surface area contributed by atoms with Crippen LogP contribution in [0, 0.1) is 12.3 Å². The predicted octanol–water partition coefficient (Wildman–Crippen LogP) is 1.72. The van der Waals surface area contributed by atoms with E-state index >= 15 is 0 Å². The fourth-order valence-corrected chi connectivity index (χ4v) is 4.73. The first-order chi connectivity index (χ1) is 11.9. The summed E-state index contributed by atoms with van der Waals surface area (Å²) in [6.07, 6.45) is 5.25. The monoisotopic (exact) mass is 364 g/mol. The Morgan fingerprint density at radius 2 is 1.92 bits per heavy atom. The van der Waals surface area contributed by atoms with E-state index in [2.05, 4.69) is 19.9 Å². The first kappa shape index (κ1) is 18.2. The Morgan fingerprint density at radius 3 is 2.48 bits per heavy atom. The van der Waals surface area contributed by atoms with E-state index in [1.165, 1.54) is 25.7 Å². The standard InChI is InChI=1S/C18H28N4O2S/c1-15-4-6-16(7-5-15)25(23,24)21-12-11-20-17(19-2)22-13-10-18(14-22)8-3-9-18/h4-7,21H,3,8-14H2,1-2H3,(H,19,20). The Morgan fingerprint density at radius 1 is 1.20 bits per heavy atom. The van der Waals surface area contributed by atoms with Crippen LogP contribution in [0.4, 0.5) is 0 Å². The van der Waals surface area contributed by atoms with Gasteiger partial charge in [0.05, 0.1) is 4.90 Å². The highest BCUT2D eigenvalue weighted by Gasteiger charge is 2.43. The van der Waals surface area contributed by atoms with Gasteiger partial charge in [0.1, 0.15) is 0 Å². The minimum absolute atomic E-state index is 0.300. The van der Waals surface area contributed by atoms with Gasteiger partial charge in [0.2, 0.25) is 10.0 Å². The Labute approximate surface area is 150 Å². The van der Waals surface area contributed by atoms with Crippen molar-refractivity contribution in [2.75, 3.05) is 33.2 Å². The van der Waals surface area contributed by atoms with E-state index < -0.39 is 10.0 Å². The highest BCUT2D eigenvalue weighted by molar-refractivity contribution is 7.89. The first-order valence-corrected chi connectivity index (χ1v) is 10.4. The van der Waals surface area contributed by atoms with E-state index in [0.29, 0.717) is 23.4 Å².